The molecule has 0 radical (unpaired) electrons. The molecule has 0 aliphatic heterocycles. The minimum Gasteiger partial charge on any atom is -0.326 e. The first-order chi connectivity index (χ1) is 12.2. The summed E-state index contributed by atoms with van der Waals surface area (Å²) in [7, 11) is 0. The van der Waals surface area contributed by atoms with Gasteiger partial charge in [-0.15, -0.1) is 0 Å². The molecule has 0 unspecified atom stereocenters. The largest absolute Gasteiger partial charge is 0.326 e. The Morgan fingerprint density at radius 1 is 0.880 bits per heavy atom. The van der Waals surface area contributed by atoms with Crippen LogP contribution in [0.5, 0.6) is 0 Å². The lowest BCUT2D eigenvalue weighted by molar-refractivity contribution is 0.833. The van der Waals surface area contributed by atoms with E-state index in [1.165, 1.54) is 11.1 Å². The van der Waals surface area contributed by atoms with E-state index in [1.54, 1.807) is 0 Å². The molecule has 124 valence electrons. The van der Waals surface area contributed by atoms with Crippen LogP contribution in [0.1, 0.15) is 16.7 Å². The maximum atomic E-state index is 5.82. The van der Waals surface area contributed by atoms with Gasteiger partial charge >= 0.3 is 0 Å². The molecule has 0 amide bonds. The molecule has 4 aromatic rings. The molecule has 0 aliphatic rings. The van der Waals surface area contributed by atoms with Gasteiger partial charge in [-0.3, -0.25) is 0 Å². The first-order valence-corrected chi connectivity index (χ1v) is 8.55. The van der Waals surface area contributed by atoms with Crippen LogP contribution in [-0.4, -0.2) is 9.55 Å². The third kappa shape index (κ3) is 3.06. The molecule has 3 nitrogen and oxygen atoms in total. The molecule has 0 saturated heterocycles. The lowest BCUT2D eigenvalue weighted by Crippen LogP contribution is -2.03. The van der Waals surface area contributed by atoms with Gasteiger partial charge in [-0.25, -0.2) is 4.98 Å². The Balaban J connectivity index is 1.88. The number of rotatable bonds is 4. The normalized spacial score (nSPS) is 11.1. The van der Waals surface area contributed by atoms with Crippen LogP contribution >= 0.6 is 0 Å². The molecule has 0 spiro atoms. The van der Waals surface area contributed by atoms with E-state index in [9.17, 15) is 0 Å². The van der Waals surface area contributed by atoms with E-state index in [4.69, 9.17) is 10.7 Å². The first kappa shape index (κ1) is 15.6. The number of para-hydroxylation sites is 2. The van der Waals surface area contributed by atoms with Crippen molar-refractivity contribution in [2.75, 3.05) is 0 Å². The maximum Gasteiger partial charge on any atom is 0.141 e. The predicted octanol–water partition coefficient (Wildman–Crippen LogP) is 4.52. The van der Waals surface area contributed by atoms with Crippen molar-refractivity contribution in [2.24, 2.45) is 5.73 Å². The molecule has 3 aromatic carbocycles. The summed E-state index contributed by atoms with van der Waals surface area (Å²) in [5, 5.41) is 0. The van der Waals surface area contributed by atoms with E-state index in [0.29, 0.717) is 6.54 Å². The predicted molar refractivity (Wildman–Crippen MR) is 103 cm³/mol. The summed E-state index contributed by atoms with van der Waals surface area (Å²) in [6.45, 7) is 3.46. The summed E-state index contributed by atoms with van der Waals surface area (Å²) in [6.07, 6.45) is 0. The highest BCUT2D eigenvalue weighted by Gasteiger charge is 2.13. The summed E-state index contributed by atoms with van der Waals surface area (Å²) in [5.74, 6) is 0.984. The fourth-order valence-corrected chi connectivity index (χ4v) is 3.29. The van der Waals surface area contributed by atoms with Gasteiger partial charge < -0.3 is 10.3 Å². The van der Waals surface area contributed by atoms with Gasteiger partial charge in [0.1, 0.15) is 5.82 Å². The standard InChI is InChI=1S/C22H21N3/c1-16-6-4-8-18(12-16)15-25-21-11-3-2-10-20(21)24-22(25)19-9-5-7-17(13-19)14-23/h2-13H,14-15,23H2,1H3. The highest BCUT2D eigenvalue weighted by molar-refractivity contribution is 5.80. The Morgan fingerprint density at radius 3 is 2.52 bits per heavy atom. The maximum absolute atomic E-state index is 5.82. The van der Waals surface area contributed by atoms with E-state index in [1.807, 2.05) is 12.1 Å². The molecule has 25 heavy (non-hydrogen) atoms. The van der Waals surface area contributed by atoms with E-state index in [2.05, 4.69) is 72.2 Å². The number of nitrogens with zero attached hydrogens (tertiary/aromatic N) is 2. The molecule has 0 atom stereocenters. The second-order valence-corrected chi connectivity index (χ2v) is 6.40. The third-order valence-corrected chi connectivity index (χ3v) is 4.50. The number of imidazole rings is 1. The van der Waals surface area contributed by atoms with Crippen molar-refractivity contribution in [3.63, 3.8) is 0 Å². The average molecular weight is 327 g/mol. The highest BCUT2D eigenvalue weighted by atomic mass is 15.1. The zero-order valence-corrected chi connectivity index (χ0v) is 14.3. The molecule has 0 bridgehead atoms. The van der Waals surface area contributed by atoms with Gasteiger partial charge in [-0.2, -0.15) is 0 Å². The number of hydrogen-bond acceptors (Lipinski definition) is 2. The molecule has 2 N–H and O–H groups in total. The van der Waals surface area contributed by atoms with Crippen molar-refractivity contribution in [1.82, 2.24) is 9.55 Å². The van der Waals surface area contributed by atoms with E-state index in [-0.39, 0.29) is 0 Å². The van der Waals surface area contributed by atoms with Gasteiger partial charge in [0.2, 0.25) is 0 Å². The fraction of sp³-hybridized carbons (Fsp3) is 0.136. The quantitative estimate of drug-likeness (QED) is 0.599. The number of aryl methyl sites for hydroxylation is 1. The summed E-state index contributed by atoms with van der Waals surface area (Å²) >= 11 is 0. The molecule has 3 heteroatoms. The van der Waals surface area contributed by atoms with Gasteiger partial charge in [0, 0.05) is 18.7 Å². The lowest BCUT2D eigenvalue weighted by atomic mass is 10.1. The summed E-state index contributed by atoms with van der Waals surface area (Å²) in [6, 6.07) is 25.3. The zero-order chi connectivity index (χ0) is 17.2. The second kappa shape index (κ2) is 6.54. The van der Waals surface area contributed by atoms with Gasteiger partial charge in [-0.05, 0) is 36.2 Å². The molecule has 4 rings (SSSR count). The number of hydrogen-bond donors (Lipinski definition) is 1. The number of aromatic nitrogens is 2. The Bertz CT molecular complexity index is 1030. The minimum atomic E-state index is 0.534. The van der Waals surface area contributed by atoms with Gasteiger partial charge in [0.05, 0.1) is 11.0 Å². The van der Waals surface area contributed by atoms with Crippen molar-refractivity contribution in [2.45, 2.75) is 20.0 Å². The van der Waals surface area contributed by atoms with Crippen LogP contribution in [0.4, 0.5) is 0 Å². The van der Waals surface area contributed by atoms with Crippen LogP contribution in [0.25, 0.3) is 22.4 Å². The Hall–Kier alpha value is -2.91. The SMILES string of the molecule is Cc1cccc(Cn2c(-c3cccc(CN)c3)nc3ccccc32)c1. The summed E-state index contributed by atoms with van der Waals surface area (Å²) < 4.78 is 2.29. The Labute approximate surface area is 147 Å². The lowest BCUT2D eigenvalue weighted by Gasteiger charge is -2.11. The van der Waals surface area contributed by atoms with E-state index < -0.39 is 0 Å². The van der Waals surface area contributed by atoms with Crippen molar-refractivity contribution < 1.29 is 0 Å². The monoisotopic (exact) mass is 327 g/mol. The minimum absolute atomic E-state index is 0.534. The van der Waals surface area contributed by atoms with Crippen molar-refractivity contribution in [3.05, 3.63) is 89.5 Å². The zero-order valence-electron chi connectivity index (χ0n) is 14.3. The Morgan fingerprint density at radius 2 is 1.68 bits per heavy atom. The van der Waals surface area contributed by atoms with Gasteiger partial charge in [-0.1, -0.05) is 60.2 Å². The van der Waals surface area contributed by atoms with E-state index in [0.717, 1.165) is 34.5 Å². The van der Waals surface area contributed by atoms with Crippen LogP contribution in [0, 0.1) is 6.92 Å². The second-order valence-electron chi connectivity index (χ2n) is 6.40. The third-order valence-electron chi connectivity index (χ3n) is 4.50. The van der Waals surface area contributed by atoms with Crippen LogP contribution in [0.2, 0.25) is 0 Å². The van der Waals surface area contributed by atoms with Crippen LogP contribution in [-0.2, 0) is 13.1 Å². The average Bonchev–Trinajstić information content (AvgIpc) is 3.00. The van der Waals surface area contributed by atoms with Crippen molar-refractivity contribution >= 4 is 11.0 Å². The summed E-state index contributed by atoms with van der Waals surface area (Å²) in [4.78, 5) is 4.90. The molecule has 0 aliphatic carbocycles. The number of nitrogens with two attached hydrogens (primary N) is 1. The molecule has 0 fully saturated rings. The highest BCUT2D eigenvalue weighted by Crippen LogP contribution is 2.26. The molecule has 0 saturated carbocycles. The molecular weight excluding hydrogens is 306 g/mol. The van der Waals surface area contributed by atoms with Crippen molar-refractivity contribution in [1.29, 1.82) is 0 Å². The van der Waals surface area contributed by atoms with Gasteiger partial charge in [0.15, 0.2) is 0 Å². The van der Waals surface area contributed by atoms with Gasteiger partial charge in [0.25, 0.3) is 0 Å². The topological polar surface area (TPSA) is 43.8 Å². The summed E-state index contributed by atoms with van der Waals surface area (Å²) in [5.41, 5.74) is 12.8. The smallest absolute Gasteiger partial charge is 0.141 e. The van der Waals surface area contributed by atoms with Crippen molar-refractivity contribution in [3.8, 4) is 11.4 Å². The molecule has 1 heterocycles. The van der Waals surface area contributed by atoms with Crippen LogP contribution in [0.15, 0.2) is 72.8 Å². The van der Waals surface area contributed by atoms with Crippen LogP contribution < -0.4 is 5.73 Å². The Kier molecular flexibility index (Phi) is 4.08. The molecule has 1 aromatic heterocycles. The van der Waals surface area contributed by atoms with E-state index >= 15 is 0 Å². The number of fused-ring (bicyclic) bond motifs is 1. The van der Waals surface area contributed by atoms with Crippen LogP contribution in [0.3, 0.4) is 0 Å². The first-order valence-electron chi connectivity index (χ1n) is 8.55. The number of benzene rings is 3. The molecular formula is C22H21N3. The fourth-order valence-electron chi connectivity index (χ4n) is 3.29.